The predicted octanol–water partition coefficient (Wildman–Crippen LogP) is 4.42. The summed E-state index contributed by atoms with van der Waals surface area (Å²) in [6.45, 7) is 2.61. The van der Waals surface area contributed by atoms with Crippen molar-refractivity contribution in [1.82, 2.24) is 19.9 Å². The predicted molar refractivity (Wildman–Crippen MR) is 118 cm³/mol. The summed E-state index contributed by atoms with van der Waals surface area (Å²) in [5.74, 6) is 0.00485. The van der Waals surface area contributed by atoms with Gasteiger partial charge in [0, 0.05) is 50.4 Å². The first-order chi connectivity index (χ1) is 15.0. The Kier molecular flexibility index (Phi) is 5.93. The van der Waals surface area contributed by atoms with E-state index >= 15 is 0 Å². The molecule has 1 aromatic carbocycles. The monoisotopic (exact) mass is 419 g/mol. The largest absolute Gasteiger partial charge is 0.347 e. The van der Waals surface area contributed by atoms with E-state index in [1.165, 1.54) is 12.1 Å². The number of hydrogen-bond acceptors (Lipinski definition) is 5. The lowest BCUT2D eigenvalue weighted by Gasteiger charge is -2.36. The van der Waals surface area contributed by atoms with Crippen LogP contribution in [-0.4, -0.2) is 46.4 Å². The topological polar surface area (TPSA) is 62.2 Å². The van der Waals surface area contributed by atoms with Gasteiger partial charge in [0.05, 0.1) is 11.7 Å². The Morgan fingerprint density at radius 2 is 2.00 bits per heavy atom. The molecule has 0 aliphatic carbocycles. The van der Waals surface area contributed by atoms with Crippen LogP contribution in [0.1, 0.15) is 46.9 Å². The van der Waals surface area contributed by atoms with Crippen LogP contribution >= 0.6 is 0 Å². The third-order valence-electron chi connectivity index (χ3n) is 5.67. The molecule has 1 amide bonds. The molecule has 1 unspecified atom stereocenters. The van der Waals surface area contributed by atoms with Gasteiger partial charge in [-0.3, -0.25) is 9.78 Å². The maximum absolute atomic E-state index is 13.8. The zero-order valence-electron chi connectivity index (χ0n) is 18.0. The SMILES string of the molecule is Cc1cnccc1-c1cnc(N(C)C)nc1C1CCCCN1C(=O)c1cccc(F)c1. The highest BCUT2D eigenvalue weighted by Crippen LogP contribution is 2.37. The highest BCUT2D eigenvalue weighted by atomic mass is 19.1. The van der Waals surface area contributed by atoms with Gasteiger partial charge in [0.25, 0.3) is 5.91 Å². The van der Waals surface area contributed by atoms with Crippen LogP contribution in [0.4, 0.5) is 10.3 Å². The van der Waals surface area contributed by atoms with E-state index < -0.39 is 5.82 Å². The summed E-state index contributed by atoms with van der Waals surface area (Å²) in [6, 6.07) is 7.62. The van der Waals surface area contributed by atoms with Gasteiger partial charge in [-0.25, -0.2) is 14.4 Å². The summed E-state index contributed by atoms with van der Waals surface area (Å²) in [5, 5.41) is 0. The molecule has 1 fully saturated rings. The molecule has 0 N–H and O–H groups in total. The van der Waals surface area contributed by atoms with Gasteiger partial charge in [-0.05, 0) is 61.6 Å². The van der Waals surface area contributed by atoms with E-state index in [2.05, 4.69) is 9.97 Å². The van der Waals surface area contributed by atoms with Crippen molar-refractivity contribution in [1.29, 1.82) is 0 Å². The molecule has 1 aliphatic heterocycles. The summed E-state index contributed by atoms with van der Waals surface area (Å²) in [5.41, 5.74) is 4.09. The molecule has 0 bridgehead atoms. The van der Waals surface area contributed by atoms with Gasteiger partial charge in [-0.2, -0.15) is 0 Å². The number of carbonyl (C=O) groups is 1. The van der Waals surface area contributed by atoms with Crippen molar-refractivity contribution in [2.24, 2.45) is 0 Å². The number of benzene rings is 1. The van der Waals surface area contributed by atoms with E-state index in [0.717, 1.165) is 41.6 Å². The second-order valence-electron chi connectivity index (χ2n) is 8.07. The first-order valence-corrected chi connectivity index (χ1v) is 10.5. The van der Waals surface area contributed by atoms with Gasteiger partial charge < -0.3 is 9.80 Å². The van der Waals surface area contributed by atoms with Crippen molar-refractivity contribution >= 4 is 11.9 Å². The van der Waals surface area contributed by atoms with Gasteiger partial charge in [-0.1, -0.05) is 6.07 Å². The number of anilines is 1. The number of halogens is 1. The zero-order chi connectivity index (χ0) is 22.0. The van der Waals surface area contributed by atoms with Gasteiger partial charge in [0.2, 0.25) is 5.95 Å². The van der Waals surface area contributed by atoms with Crippen molar-refractivity contribution in [3.05, 3.63) is 71.6 Å². The van der Waals surface area contributed by atoms with Gasteiger partial charge >= 0.3 is 0 Å². The molecule has 0 saturated carbocycles. The summed E-state index contributed by atoms with van der Waals surface area (Å²) in [7, 11) is 3.79. The number of likely N-dealkylation sites (tertiary alicyclic amines) is 1. The van der Waals surface area contributed by atoms with Crippen molar-refractivity contribution in [2.75, 3.05) is 25.5 Å². The lowest BCUT2D eigenvalue weighted by atomic mass is 9.92. The molecule has 1 aliphatic rings. The number of amides is 1. The molecular formula is C24H26FN5O. The van der Waals surface area contributed by atoms with E-state index in [1.807, 2.05) is 49.3 Å². The van der Waals surface area contributed by atoms with Crippen LogP contribution in [0.15, 0.2) is 48.9 Å². The normalized spacial score (nSPS) is 16.3. The number of rotatable bonds is 4. The van der Waals surface area contributed by atoms with E-state index in [-0.39, 0.29) is 11.9 Å². The summed E-state index contributed by atoms with van der Waals surface area (Å²) < 4.78 is 13.8. The smallest absolute Gasteiger partial charge is 0.254 e. The van der Waals surface area contributed by atoms with Crippen LogP contribution in [0, 0.1) is 12.7 Å². The molecular weight excluding hydrogens is 393 g/mol. The molecule has 31 heavy (non-hydrogen) atoms. The molecule has 1 atom stereocenters. The second-order valence-corrected chi connectivity index (χ2v) is 8.07. The van der Waals surface area contributed by atoms with Crippen LogP contribution in [0.3, 0.4) is 0 Å². The first kappa shape index (κ1) is 20.9. The second kappa shape index (κ2) is 8.79. The Balaban J connectivity index is 1.82. The van der Waals surface area contributed by atoms with Crippen LogP contribution in [0.25, 0.3) is 11.1 Å². The number of carbonyl (C=O) groups excluding carboxylic acids is 1. The minimum Gasteiger partial charge on any atom is -0.347 e. The Morgan fingerprint density at radius 1 is 1.16 bits per heavy atom. The third-order valence-corrected chi connectivity index (χ3v) is 5.67. The molecule has 2 aromatic heterocycles. The standard InChI is InChI=1S/C24H26FN5O/c1-16-14-26-11-10-19(16)20-15-27-24(29(2)3)28-22(20)21-9-4-5-12-30(21)23(31)17-7-6-8-18(25)13-17/h6-8,10-11,13-15,21H,4-5,9,12H2,1-3H3. The third kappa shape index (κ3) is 4.26. The number of nitrogens with zero attached hydrogens (tertiary/aromatic N) is 5. The molecule has 3 heterocycles. The molecule has 4 rings (SSSR count). The molecule has 160 valence electrons. The molecule has 0 radical (unpaired) electrons. The van der Waals surface area contributed by atoms with Crippen LogP contribution in [0.2, 0.25) is 0 Å². The number of piperidine rings is 1. The first-order valence-electron chi connectivity index (χ1n) is 10.5. The minimum atomic E-state index is -0.413. The lowest BCUT2D eigenvalue weighted by molar-refractivity contribution is 0.0606. The van der Waals surface area contributed by atoms with E-state index in [0.29, 0.717) is 18.1 Å². The van der Waals surface area contributed by atoms with Crippen LogP contribution in [0.5, 0.6) is 0 Å². The fraction of sp³-hybridized carbons (Fsp3) is 0.333. The van der Waals surface area contributed by atoms with Gasteiger partial charge in [-0.15, -0.1) is 0 Å². The quantitative estimate of drug-likeness (QED) is 0.626. The average molecular weight is 420 g/mol. The Bertz CT molecular complexity index is 1100. The highest BCUT2D eigenvalue weighted by molar-refractivity contribution is 5.94. The van der Waals surface area contributed by atoms with Crippen molar-refractivity contribution in [3.63, 3.8) is 0 Å². The number of aryl methyl sites for hydroxylation is 1. The average Bonchev–Trinajstić information content (AvgIpc) is 2.78. The van der Waals surface area contributed by atoms with Crippen LogP contribution < -0.4 is 4.90 Å². The summed E-state index contributed by atoms with van der Waals surface area (Å²) >= 11 is 0. The fourth-order valence-corrected chi connectivity index (χ4v) is 4.08. The molecule has 0 spiro atoms. The molecule has 6 nitrogen and oxygen atoms in total. The van der Waals surface area contributed by atoms with Crippen molar-refractivity contribution in [2.45, 2.75) is 32.2 Å². The van der Waals surface area contributed by atoms with E-state index in [9.17, 15) is 9.18 Å². The van der Waals surface area contributed by atoms with E-state index in [4.69, 9.17) is 4.98 Å². The van der Waals surface area contributed by atoms with Gasteiger partial charge in [0.1, 0.15) is 5.82 Å². The Morgan fingerprint density at radius 3 is 2.74 bits per heavy atom. The van der Waals surface area contributed by atoms with Crippen LogP contribution in [-0.2, 0) is 0 Å². The highest BCUT2D eigenvalue weighted by Gasteiger charge is 2.32. The Hall–Kier alpha value is -3.35. The summed E-state index contributed by atoms with van der Waals surface area (Å²) in [4.78, 5) is 30.7. The zero-order valence-corrected chi connectivity index (χ0v) is 18.0. The minimum absolute atomic E-state index is 0.174. The number of hydrogen-bond donors (Lipinski definition) is 0. The summed E-state index contributed by atoms with van der Waals surface area (Å²) in [6.07, 6.45) is 8.10. The van der Waals surface area contributed by atoms with E-state index in [1.54, 1.807) is 18.3 Å². The van der Waals surface area contributed by atoms with Crippen molar-refractivity contribution in [3.8, 4) is 11.1 Å². The maximum Gasteiger partial charge on any atom is 0.254 e. The maximum atomic E-state index is 13.8. The van der Waals surface area contributed by atoms with Gasteiger partial charge in [0.15, 0.2) is 0 Å². The number of aromatic nitrogens is 3. The molecule has 1 saturated heterocycles. The Labute approximate surface area is 181 Å². The molecule has 7 heteroatoms. The van der Waals surface area contributed by atoms with Crippen molar-refractivity contribution < 1.29 is 9.18 Å². The molecule has 3 aromatic rings. The number of pyridine rings is 1. The fourth-order valence-electron chi connectivity index (χ4n) is 4.08. The lowest BCUT2D eigenvalue weighted by Crippen LogP contribution is -2.39.